The average molecular weight is 235 g/mol. The van der Waals surface area contributed by atoms with Crippen LogP contribution in [0.5, 0.6) is 0 Å². The predicted molar refractivity (Wildman–Crippen MR) is 55.5 cm³/mol. The molecule has 0 unspecified atom stereocenters. The number of nitrogens with one attached hydrogen (secondary N) is 1. The average Bonchev–Trinajstić information content (AvgIpc) is 2.56. The first-order valence-electron chi connectivity index (χ1n) is 3.90. The minimum atomic E-state index is 0.703. The van der Waals surface area contributed by atoms with Crippen molar-refractivity contribution in [3.8, 4) is 6.07 Å². The van der Waals surface area contributed by atoms with E-state index in [4.69, 9.17) is 5.26 Å². The van der Waals surface area contributed by atoms with Gasteiger partial charge in [0, 0.05) is 16.1 Å². The molecule has 0 saturated carbocycles. The number of nitriles is 1. The van der Waals surface area contributed by atoms with Crippen molar-refractivity contribution in [2.24, 2.45) is 0 Å². The fourth-order valence-corrected chi connectivity index (χ4v) is 1.92. The molecular weight excluding hydrogens is 228 g/mol. The van der Waals surface area contributed by atoms with Crippen LogP contribution in [0.25, 0.3) is 10.9 Å². The van der Waals surface area contributed by atoms with Crippen LogP contribution in [0.1, 0.15) is 11.1 Å². The molecule has 1 heterocycles. The summed E-state index contributed by atoms with van der Waals surface area (Å²) in [7, 11) is 0. The Labute approximate surface area is 84.3 Å². The summed E-state index contributed by atoms with van der Waals surface area (Å²) >= 11 is 3.43. The maximum Gasteiger partial charge on any atom is 0.101 e. The Morgan fingerprint density at radius 2 is 2.23 bits per heavy atom. The van der Waals surface area contributed by atoms with Crippen LogP contribution in [0.15, 0.2) is 22.8 Å². The fourth-order valence-electron chi connectivity index (χ4n) is 1.47. The van der Waals surface area contributed by atoms with Crippen LogP contribution in [-0.4, -0.2) is 4.98 Å². The molecule has 0 fully saturated rings. The number of rotatable bonds is 0. The summed E-state index contributed by atoms with van der Waals surface area (Å²) in [6.07, 6.45) is 1.74. The first kappa shape index (κ1) is 8.33. The van der Waals surface area contributed by atoms with Gasteiger partial charge in [-0.2, -0.15) is 5.26 Å². The Kier molecular flexibility index (Phi) is 1.86. The monoisotopic (exact) mass is 234 g/mol. The van der Waals surface area contributed by atoms with E-state index >= 15 is 0 Å². The summed E-state index contributed by atoms with van der Waals surface area (Å²) in [6, 6.07) is 6.15. The lowest BCUT2D eigenvalue weighted by atomic mass is 10.1. The van der Waals surface area contributed by atoms with E-state index < -0.39 is 0 Å². The van der Waals surface area contributed by atoms with E-state index in [9.17, 15) is 0 Å². The summed E-state index contributed by atoms with van der Waals surface area (Å²) in [5.41, 5.74) is 2.82. The van der Waals surface area contributed by atoms with E-state index in [0.29, 0.717) is 5.56 Å². The molecule has 0 aliphatic heterocycles. The van der Waals surface area contributed by atoms with Crippen molar-refractivity contribution in [1.82, 2.24) is 4.98 Å². The number of benzene rings is 1. The van der Waals surface area contributed by atoms with Gasteiger partial charge in [-0.05, 0) is 34.5 Å². The lowest BCUT2D eigenvalue weighted by Crippen LogP contribution is -1.78. The fraction of sp³-hybridized carbons (Fsp3) is 0.100. The zero-order chi connectivity index (χ0) is 9.42. The number of halogens is 1. The van der Waals surface area contributed by atoms with Crippen LogP contribution in [-0.2, 0) is 0 Å². The number of hydrogen-bond acceptors (Lipinski definition) is 1. The molecule has 13 heavy (non-hydrogen) atoms. The highest BCUT2D eigenvalue weighted by Crippen LogP contribution is 2.28. The summed E-state index contributed by atoms with van der Waals surface area (Å²) in [6.45, 7) is 2.00. The maximum atomic E-state index is 8.85. The van der Waals surface area contributed by atoms with Gasteiger partial charge in [0.1, 0.15) is 6.07 Å². The number of aromatic nitrogens is 1. The SMILES string of the molecule is Cc1ccc(Br)c2[nH]cc(C#N)c12. The molecule has 0 atom stereocenters. The van der Waals surface area contributed by atoms with Gasteiger partial charge in [0.15, 0.2) is 0 Å². The zero-order valence-electron chi connectivity index (χ0n) is 7.06. The third-order valence-electron chi connectivity index (χ3n) is 2.11. The molecule has 0 radical (unpaired) electrons. The molecule has 2 aromatic rings. The van der Waals surface area contributed by atoms with E-state index in [1.54, 1.807) is 6.20 Å². The number of aromatic amines is 1. The van der Waals surface area contributed by atoms with Crippen molar-refractivity contribution in [2.75, 3.05) is 0 Å². The van der Waals surface area contributed by atoms with Gasteiger partial charge < -0.3 is 4.98 Å². The number of H-pyrrole nitrogens is 1. The number of hydrogen-bond donors (Lipinski definition) is 1. The summed E-state index contributed by atoms with van der Waals surface area (Å²) in [5, 5.41) is 9.87. The normalized spacial score (nSPS) is 10.2. The maximum absolute atomic E-state index is 8.85. The molecule has 0 saturated heterocycles. The van der Waals surface area contributed by atoms with Crippen molar-refractivity contribution >= 4 is 26.8 Å². The molecule has 64 valence electrons. The molecule has 1 aromatic heterocycles. The smallest absolute Gasteiger partial charge is 0.101 e. The predicted octanol–water partition coefficient (Wildman–Crippen LogP) is 3.11. The molecule has 0 spiro atoms. The zero-order valence-corrected chi connectivity index (χ0v) is 8.64. The first-order valence-corrected chi connectivity index (χ1v) is 4.69. The molecule has 2 rings (SSSR count). The highest BCUT2D eigenvalue weighted by Gasteiger charge is 2.07. The van der Waals surface area contributed by atoms with Gasteiger partial charge in [0.05, 0.1) is 11.1 Å². The largest absolute Gasteiger partial charge is 0.359 e. The third kappa shape index (κ3) is 1.14. The Balaban J connectivity index is 2.98. The quantitative estimate of drug-likeness (QED) is 0.748. The minimum absolute atomic E-state index is 0.703. The number of fused-ring (bicyclic) bond motifs is 1. The van der Waals surface area contributed by atoms with Crippen LogP contribution in [0.3, 0.4) is 0 Å². The molecular formula is C10H7BrN2. The van der Waals surface area contributed by atoms with Crippen LogP contribution in [0.2, 0.25) is 0 Å². The molecule has 3 heteroatoms. The second kappa shape index (κ2) is 2.90. The lowest BCUT2D eigenvalue weighted by molar-refractivity contribution is 1.44. The van der Waals surface area contributed by atoms with Gasteiger partial charge in [-0.25, -0.2) is 0 Å². The highest BCUT2D eigenvalue weighted by molar-refractivity contribution is 9.10. The molecule has 1 N–H and O–H groups in total. The lowest BCUT2D eigenvalue weighted by Gasteiger charge is -1.98. The minimum Gasteiger partial charge on any atom is -0.359 e. The third-order valence-corrected chi connectivity index (χ3v) is 2.77. The standard InChI is InChI=1S/C10H7BrN2/c1-6-2-3-8(11)10-9(6)7(4-12)5-13-10/h2-3,5,13H,1H3. The second-order valence-electron chi connectivity index (χ2n) is 2.93. The topological polar surface area (TPSA) is 39.6 Å². The number of nitrogens with zero attached hydrogens (tertiary/aromatic N) is 1. The van der Waals surface area contributed by atoms with Crippen molar-refractivity contribution in [3.63, 3.8) is 0 Å². The molecule has 1 aromatic carbocycles. The van der Waals surface area contributed by atoms with Gasteiger partial charge in [0.2, 0.25) is 0 Å². The van der Waals surface area contributed by atoms with Crippen LogP contribution in [0, 0.1) is 18.3 Å². The van der Waals surface area contributed by atoms with Crippen molar-refractivity contribution in [1.29, 1.82) is 5.26 Å². The van der Waals surface area contributed by atoms with Crippen molar-refractivity contribution in [3.05, 3.63) is 33.9 Å². The Morgan fingerprint density at radius 1 is 1.46 bits per heavy atom. The van der Waals surface area contributed by atoms with Crippen molar-refractivity contribution in [2.45, 2.75) is 6.92 Å². The van der Waals surface area contributed by atoms with Gasteiger partial charge in [-0.15, -0.1) is 0 Å². The van der Waals surface area contributed by atoms with Gasteiger partial charge >= 0.3 is 0 Å². The van der Waals surface area contributed by atoms with E-state index in [-0.39, 0.29) is 0 Å². The van der Waals surface area contributed by atoms with E-state index in [2.05, 4.69) is 27.0 Å². The van der Waals surface area contributed by atoms with Crippen LogP contribution in [0.4, 0.5) is 0 Å². The second-order valence-corrected chi connectivity index (χ2v) is 3.78. The molecule has 2 nitrogen and oxygen atoms in total. The molecule has 0 amide bonds. The Bertz CT molecular complexity index is 505. The summed E-state index contributed by atoms with van der Waals surface area (Å²) in [5.74, 6) is 0. The van der Waals surface area contributed by atoms with Gasteiger partial charge in [-0.3, -0.25) is 0 Å². The first-order chi connectivity index (χ1) is 6.24. The van der Waals surface area contributed by atoms with E-state index in [1.807, 2.05) is 19.1 Å². The summed E-state index contributed by atoms with van der Waals surface area (Å²) < 4.78 is 0.995. The van der Waals surface area contributed by atoms with Crippen LogP contribution < -0.4 is 0 Å². The molecule has 0 aliphatic rings. The Hall–Kier alpha value is -1.27. The van der Waals surface area contributed by atoms with Gasteiger partial charge in [-0.1, -0.05) is 6.07 Å². The van der Waals surface area contributed by atoms with E-state index in [0.717, 1.165) is 20.9 Å². The highest BCUT2D eigenvalue weighted by atomic mass is 79.9. The molecule has 0 bridgehead atoms. The summed E-state index contributed by atoms with van der Waals surface area (Å²) in [4.78, 5) is 3.08. The Morgan fingerprint density at radius 3 is 2.92 bits per heavy atom. The van der Waals surface area contributed by atoms with Crippen molar-refractivity contribution < 1.29 is 0 Å². The van der Waals surface area contributed by atoms with Gasteiger partial charge in [0.25, 0.3) is 0 Å². The van der Waals surface area contributed by atoms with Crippen LogP contribution >= 0.6 is 15.9 Å². The van der Waals surface area contributed by atoms with E-state index in [1.165, 1.54) is 0 Å². The number of aryl methyl sites for hydroxylation is 1. The molecule has 0 aliphatic carbocycles.